The molecule has 5 rings (SSSR count). The van der Waals surface area contributed by atoms with E-state index in [4.69, 9.17) is 4.74 Å². The van der Waals surface area contributed by atoms with Crippen molar-refractivity contribution in [1.82, 2.24) is 20.1 Å². The molecule has 194 valence electrons. The van der Waals surface area contributed by atoms with E-state index in [1.54, 1.807) is 6.20 Å². The van der Waals surface area contributed by atoms with Crippen LogP contribution in [0.5, 0.6) is 0 Å². The van der Waals surface area contributed by atoms with Gasteiger partial charge >= 0.3 is 12.1 Å². The zero-order valence-electron chi connectivity index (χ0n) is 19.6. The number of aliphatic hydroxyl groups is 1. The topological polar surface area (TPSA) is 95.0 Å². The number of ether oxygens (including phenoxy) is 1. The van der Waals surface area contributed by atoms with E-state index in [2.05, 4.69) is 15.2 Å². The highest BCUT2D eigenvalue weighted by molar-refractivity contribution is 5.92. The number of halogens is 3. The van der Waals surface area contributed by atoms with Gasteiger partial charge in [-0.25, -0.2) is 23.3 Å². The second-order valence-corrected chi connectivity index (χ2v) is 9.54. The van der Waals surface area contributed by atoms with E-state index < -0.39 is 35.4 Å². The Bertz CT molecular complexity index is 1100. The number of rotatable bonds is 4. The first-order valence-electron chi connectivity index (χ1n) is 11.9. The number of aromatic nitrogens is 1. The molecule has 1 aliphatic carbocycles. The number of hydrogen-bond acceptors (Lipinski definition) is 6. The smallest absolute Gasteiger partial charge is 0.418 e. The molecule has 36 heavy (non-hydrogen) atoms. The van der Waals surface area contributed by atoms with Crippen molar-refractivity contribution in [3.05, 3.63) is 65.5 Å². The van der Waals surface area contributed by atoms with Gasteiger partial charge < -0.3 is 15.2 Å². The molecule has 3 amide bonds. The van der Waals surface area contributed by atoms with Crippen LogP contribution >= 0.6 is 12.4 Å². The maximum atomic E-state index is 13.7. The monoisotopic (exact) mass is 522 g/mol. The quantitative estimate of drug-likeness (QED) is 0.632. The van der Waals surface area contributed by atoms with Crippen molar-refractivity contribution in [3.63, 3.8) is 0 Å². The maximum Gasteiger partial charge on any atom is 0.418 e. The van der Waals surface area contributed by atoms with Crippen LogP contribution < -0.4 is 5.32 Å². The molecule has 0 unspecified atom stereocenters. The van der Waals surface area contributed by atoms with Gasteiger partial charge in [0.2, 0.25) is 0 Å². The fourth-order valence-electron chi connectivity index (χ4n) is 5.43. The zero-order chi connectivity index (χ0) is 24.6. The minimum absolute atomic E-state index is 0. The third kappa shape index (κ3) is 5.16. The van der Waals surface area contributed by atoms with E-state index in [0.29, 0.717) is 36.7 Å². The number of nitrogens with zero attached hydrogens (tertiary/aromatic N) is 3. The number of benzene rings is 1. The maximum absolute atomic E-state index is 13.7. The van der Waals surface area contributed by atoms with Crippen LogP contribution in [0, 0.1) is 11.6 Å². The molecule has 1 saturated carbocycles. The van der Waals surface area contributed by atoms with E-state index in [9.17, 15) is 23.5 Å². The number of pyridine rings is 1. The van der Waals surface area contributed by atoms with Gasteiger partial charge in [0.15, 0.2) is 11.6 Å². The molecule has 11 heteroatoms. The number of amides is 3. The molecule has 2 aliphatic heterocycles. The third-order valence-electron chi connectivity index (χ3n) is 7.41. The molecule has 2 aromatic rings. The summed E-state index contributed by atoms with van der Waals surface area (Å²) in [5, 5.41) is 13.9. The highest BCUT2D eigenvalue weighted by atomic mass is 35.5. The minimum atomic E-state index is -1.05. The Morgan fingerprint density at radius 1 is 1.14 bits per heavy atom. The Kier molecular flexibility index (Phi) is 7.77. The first-order chi connectivity index (χ1) is 16.8. The van der Waals surface area contributed by atoms with Crippen LogP contribution in [0.25, 0.3) is 0 Å². The van der Waals surface area contributed by atoms with Gasteiger partial charge in [-0.3, -0.25) is 9.88 Å². The van der Waals surface area contributed by atoms with Gasteiger partial charge in [0.25, 0.3) is 0 Å². The Balaban J connectivity index is 0.00000304. The van der Waals surface area contributed by atoms with Gasteiger partial charge in [0.05, 0.1) is 5.69 Å². The second-order valence-electron chi connectivity index (χ2n) is 9.54. The summed E-state index contributed by atoms with van der Waals surface area (Å²) in [6, 6.07) is 7.58. The Hall–Kier alpha value is -2.82. The Morgan fingerprint density at radius 2 is 1.92 bits per heavy atom. The standard InChI is InChI=1S/C25H28F2N4O4.ClH/c26-19-5-4-16(13-20(19)27)21-15-35-24(33)31(21)23(32)29-17-8-12-30(14-17)18-6-9-25(34,10-7-18)22-3-1-2-11-28-22;/h1-5,11,13,17-18,21,34H,6-10,12,14-15H2,(H,29,32);1H/t17-,18?,21-,25?;/m1./s1. The van der Waals surface area contributed by atoms with Crippen molar-refractivity contribution in [2.24, 2.45) is 0 Å². The highest BCUT2D eigenvalue weighted by Crippen LogP contribution is 2.38. The molecule has 1 aromatic carbocycles. The molecule has 0 spiro atoms. The summed E-state index contributed by atoms with van der Waals surface area (Å²) in [6.45, 7) is 1.32. The van der Waals surface area contributed by atoms with Crippen molar-refractivity contribution in [2.45, 2.75) is 55.8 Å². The molecular weight excluding hydrogens is 494 g/mol. The molecule has 2 atom stereocenters. The van der Waals surface area contributed by atoms with Gasteiger partial charge in [0, 0.05) is 31.4 Å². The molecule has 8 nitrogen and oxygen atoms in total. The number of cyclic esters (lactones) is 1. The van der Waals surface area contributed by atoms with Crippen LogP contribution in [-0.4, -0.2) is 63.8 Å². The summed E-state index contributed by atoms with van der Waals surface area (Å²) in [5.74, 6) is -2.04. The number of likely N-dealkylation sites (tertiary alicyclic amines) is 1. The number of carbonyl (C=O) groups is 2. The van der Waals surface area contributed by atoms with Crippen molar-refractivity contribution in [1.29, 1.82) is 0 Å². The normalized spacial score (nSPS) is 28.5. The van der Waals surface area contributed by atoms with Crippen molar-refractivity contribution in [2.75, 3.05) is 19.7 Å². The lowest BCUT2D eigenvalue weighted by atomic mass is 9.79. The van der Waals surface area contributed by atoms with E-state index in [-0.39, 0.29) is 25.1 Å². The van der Waals surface area contributed by atoms with Crippen LogP contribution in [0.1, 0.15) is 49.4 Å². The summed E-state index contributed by atoms with van der Waals surface area (Å²) < 4.78 is 32.1. The van der Waals surface area contributed by atoms with Crippen LogP contribution in [0.4, 0.5) is 18.4 Å². The summed E-state index contributed by atoms with van der Waals surface area (Å²) in [4.78, 5) is 32.8. The number of carbonyl (C=O) groups excluding carboxylic acids is 2. The minimum Gasteiger partial charge on any atom is -0.446 e. The lowest BCUT2D eigenvalue weighted by Crippen LogP contribution is -2.48. The molecule has 3 fully saturated rings. The van der Waals surface area contributed by atoms with Gasteiger partial charge in [-0.15, -0.1) is 12.4 Å². The lowest BCUT2D eigenvalue weighted by molar-refractivity contribution is -0.0257. The molecule has 2 N–H and O–H groups in total. The molecule has 0 bridgehead atoms. The molecule has 2 saturated heterocycles. The molecular formula is C25H29ClF2N4O4. The van der Waals surface area contributed by atoms with E-state index in [1.165, 1.54) is 6.07 Å². The van der Waals surface area contributed by atoms with Crippen LogP contribution in [0.2, 0.25) is 0 Å². The largest absolute Gasteiger partial charge is 0.446 e. The van der Waals surface area contributed by atoms with Gasteiger partial charge in [-0.1, -0.05) is 12.1 Å². The van der Waals surface area contributed by atoms with Gasteiger partial charge in [0.1, 0.15) is 18.2 Å². The summed E-state index contributed by atoms with van der Waals surface area (Å²) in [6.07, 6.45) is 4.50. The van der Waals surface area contributed by atoms with Gasteiger partial charge in [-0.2, -0.15) is 0 Å². The first-order valence-corrected chi connectivity index (χ1v) is 11.9. The Morgan fingerprint density at radius 3 is 2.61 bits per heavy atom. The second kappa shape index (κ2) is 10.7. The summed E-state index contributed by atoms with van der Waals surface area (Å²) >= 11 is 0. The average molecular weight is 523 g/mol. The van der Waals surface area contributed by atoms with E-state index in [1.807, 2.05) is 18.2 Å². The first kappa shape index (κ1) is 26.2. The summed E-state index contributed by atoms with van der Waals surface area (Å²) in [5.41, 5.74) is 0.0921. The Labute approximate surface area is 214 Å². The number of hydrogen-bond donors (Lipinski definition) is 2. The molecule has 0 radical (unpaired) electrons. The van der Waals surface area contributed by atoms with Crippen LogP contribution in [-0.2, 0) is 10.3 Å². The van der Waals surface area contributed by atoms with Crippen molar-refractivity contribution in [3.8, 4) is 0 Å². The number of nitrogens with one attached hydrogen (secondary N) is 1. The predicted molar refractivity (Wildman–Crippen MR) is 128 cm³/mol. The zero-order valence-corrected chi connectivity index (χ0v) is 20.4. The average Bonchev–Trinajstić information content (AvgIpc) is 3.48. The molecule has 3 aliphatic rings. The van der Waals surface area contributed by atoms with Crippen LogP contribution in [0.3, 0.4) is 0 Å². The predicted octanol–water partition coefficient (Wildman–Crippen LogP) is 3.89. The van der Waals surface area contributed by atoms with Gasteiger partial charge in [-0.05, 0) is 61.9 Å². The number of urea groups is 1. The fourth-order valence-corrected chi connectivity index (χ4v) is 5.43. The molecule has 1 aromatic heterocycles. The van der Waals surface area contributed by atoms with Crippen LogP contribution in [0.15, 0.2) is 42.6 Å². The molecule has 3 heterocycles. The highest BCUT2D eigenvalue weighted by Gasteiger charge is 2.42. The van der Waals surface area contributed by atoms with E-state index in [0.717, 1.165) is 42.8 Å². The van der Waals surface area contributed by atoms with Crippen molar-refractivity contribution >= 4 is 24.5 Å². The lowest BCUT2D eigenvalue weighted by Gasteiger charge is -2.39. The number of imide groups is 1. The SMILES string of the molecule is Cl.O=C(N[C@@H]1CCN(C2CCC(O)(c3ccccn3)CC2)C1)N1C(=O)OC[C@@H]1c1ccc(F)c(F)c1. The third-order valence-corrected chi connectivity index (χ3v) is 7.41. The van der Waals surface area contributed by atoms with Crippen molar-refractivity contribution < 1.29 is 28.2 Å². The van der Waals surface area contributed by atoms with E-state index >= 15 is 0 Å². The summed E-state index contributed by atoms with van der Waals surface area (Å²) in [7, 11) is 0. The fraction of sp³-hybridized carbons (Fsp3) is 0.480.